The highest BCUT2D eigenvalue weighted by molar-refractivity contribution is 5.89. The van der Waals surface area contributed by atoms with Gasteiger partial charge >= 0.3 is 11.9 Å². The molecule has 0 atom stereocenters. The summed E-state index contributed by atoms with van der Waals surface area (Å²) in [5.41, 5.74) is 0.900. The summed E-state index contributed by atoms with van der Waals surface area (Å²) in [6, 6.07) is 3.06. The van der Waals surface area contributed by atoms with Gasteiger partial charge in [0, 0.05) is 6.20 Å². The van der Waals surface area contributed by atoms with E-state index in [1.165, 1.54) is 31.5 Å². The Labute approximate surface area is 92.4 Å². The van der Waals surface area contributed by atoms with Gasteiger partial charge in [0.15, 0.2) is 0 Å². The molecule has 0 saturated heterocycles. The molecule has 0 amide bonds. The van der Waals surface area contributed by atoms with E-state index < -0.39 is 11.9 Å². The number of pyridine rings is 1. The molecule has 0 aliphatic heterocycles. The summed E-state index contributed by atoms with van der Waals surface area (Å²) in [4.78, 5) is 25.4. The van der Waals surface area contributed by atoms with Crippen molar-refractivity contribution < 1.29 is 19.4 Å². The maximum Gasteiger partial charge on any atom is 0.337 e. The van der Waals surface area contributed by atoms with Crippen LogP contribution >= 0.6 is 0 Å². The first kappa shape index (κ1) is 11.9. The zero-order valence-electron chi connectivity index (χ0n) is 8.71. The first-order valence-corrected chi connectivity index (χ1v) is 4.56. The van der Waals surface area contributed by atoms with E-state index in [4.69, 9.17) is 5.11 Å². The third-order valence-corrected chi connectivity index (χ3v) is 1.78. The van der Waals surface area contributed by atoms with Crippen molar-refractivity contribution in [3.05, 3.63) is 35.7 Å². The van der Waals surface area contributed by atoms with E-state index >= 15 is 0 Å². The number of methoxy groups -OCH3 is 1. The van der Waals surface area contributed by atoms with Gasteiger partial charge in [-0.2, -0.15) is 0 Å². The molecule has 16 heavy (non-hydrogen) atoms. The average molecular weight is 221 g/mol. The van der Waals surface area contributed by atoms with Gasteiger partial charge in [0.25, 0.3) is 0 Å². The summed E-state index contributed by atoms with van der Waals surface area (Å²) in [5.74, 6) is -1.37. The first-order chi connectivity index (χ1) is 7.63. The van der Waals surface area contributed by atoms with Crippen LogP contribution in [-0.2, 0) is 9.53 Å². The highest BCUT2D eigenvalue weighted by atomic mass is 16.5. The first-order valence-electron chi connectivity index (χ1n) is 4.56. The summed E-state index contributed by atoms with van der Waals surface area (Å²) in [6.07, 6.45) is 4.39. The molecular formula is C11H11NO4. The molecule has 0 saturated carbocycles. The van der Waals surface area contributed by atoms with Crippen molar-refractivity contribution in [3.8, 4) is 0 Å². The monoisotopic (exact) mass is 221 g/mol. The molecule has 0 bridgehead atoms. The largest absolute Gasteiger partial charge is 0.481 e. The van der Waals surface area contributed by atoms with E-state index in [2.05, 4.69) is 9.72 Å². The minimum absolute atomic E-state index is 0.0792. The van der Waals surface area contributed by atoms with Crippen LogP contribution in [0.15, 0.2) is 24.4 Å². The number of hydrogen-bond donors (Lipinski definition) is 1. The van der Waals surface area contributed by atoms with Crippen molar-refractivity contribution in [1.82, 2.24) is 4.98 Å². The minimum atomic E-state index is -0.916. The van der Waals surface area contributed by atoms with Crippen LogP contribution in [0.2, 0.25) is 0 Å². The third-order valence-electron chi connectivity index (χ3n) is 1.78. The molecule has 5 heteroatoms. The molecule has 1 aromatic rings. The van der Waals surface area contributed by atoms with Gasteiger partial charge in [-0.25, -0.2) is 4.79 Å². The van der Waals surface area contributed by atoms with Crippen LogP contribution in [0.1, 0.15) is 22.5 Å². The van der Waals surface area contributed by atoms with Crippen molar-refractivity contribution in [2.45, 2.75) is 6.42 Å². The van der Waals surface area contributed by atoms with E-state index in [-0.39, 0.29) is 6.42 Å². The summed E-state index contributed by atoms with van der Waals surface area (Å²) in [7, 11) is 1.29. The zero-order valence-corrected chi connectivity index (χ0v) is 8.71. The Hall–Kier alpha value is -2.17. The summed E-state index contributed by atoms with van der Waals surface area (Å²) >= 11 is 0. The molecule has 1 rings (SSSR count). The fourth-order valence-electron chi connectivity index (χ4n) is 1.06. The molecule has 0 aliphatic rings. The lowest BCUT2D eigenvalue weighted by atomic mass is 10.2. The molecule has 1 N–H and O–H groups in total. The van der Waals surface area contributed by atoms with Crippen molar-refractivity contribution in [1.29, 1.82) is 0 Å². The lowest BCUT2D eigenvalue weighted by Crippen LogP contribution is -2.01. The third kappa shape index (κ3) is 3.53. The van der Waals surface area contributed by atoms with E-state index in [0.29, 0.717) is 11.3 Å². The number of nitrogens with zero attached hydrogens (tertiary/aromatic N) is 1. The van der Waals surface area contributed by atoms with Crippen molar-refractivity contribution >= 4 is 18.0 Å². The molecule has 0 aliphatic carbocycles. The minimum Gasteiger partial charge on any atom is -0.481 e. The Balaban J connectivity index is 2.78. The summed E-state index contributed by atoms with van der Waals surface area (Å²) < 4.78 is 4.55. The fourth-order valence-corrected chi connectivity index (χ4v) is 1.06. The Bertz CT molecular complexity index is 426. The second kappa shape index (κ2) is 5.65. The number of aliphatic carboxylic acids is 1. The number of rotatable bonds is 4. The Morgan fingerprint density at radius 2 is 2.31 bits per heavy atom. The van der Waals surface area contributed by atoms with Crippen LogP contribution in [0, 0.1) is 0 Å². The molecule has 5 nitrogen and oxygen atoms in total. The van der Waals surface area contributed by atoms with Crippen LogP contribution < -0.4 is 0 Å². The van der Waals surface area contributed by atoms with E-state index in [1.807, 2.05) is 0 Å². The number of ether oxygens (including phenoxy) is 1. The second-order valence-electron chi connectivity index (χ2n) is 2.96. The predicted octanol–water partition coefficient (Wildman–Crippen LogP) is 1.36. The molecule has 0 unspecified atom stereocenters. The van der Waals surface area contributed by atoms with Crippen molar-refractivity contribution in [3.63, 3.8) is 0 Å². The topological polar surface area (TPSA) is 76.5 Å². The lowest BCUT2D eigenvalue weighted by Gasteiger charge is -1.99. The normalized spacial score (nSPS) is 10.3. The lowest BCUT2D eigenvalue weighted by molar-refractivity contribution is -0.135. The molecule has 1 aromatic heterocycles. The molecule has 0 spiro atoms. The number of carbonyl (C=O) groups is 2. The molecule has 0 aromatic carbocycles. The summed E-state index contributed by atoms with van der Waals surface area (Å²) in [6.45, 7) is 0. The molecular weight excluding hydrogens is 210 g/mol. The van der Waals surface area contributed by atoms with Gasteiger partial charge in [-0.3, -0.25) is 9.78 Å². The van der Waals surface area contributed by atoms with Crippen LogP contribution in [0.3, 0.4) is 0 Å². The molecule has 0 fully saturated rings. The highest BCUT2D eigenvalue weighted by Crippen LogP contribution is 2.05. The van der Waals surface area contributed by atoms with Crippen LogP contribution in [0.5, 0.6) is 0 Å². The Morgan fingerprint density at radius 1 is 1.56 bits per heavy atom. The van der Waals surface area contributed by atoms with Crippen molar-refractivity contribution in [2.75, 3.05) is 7.11 Å². The maximum absolute atomic E-state index is 11.2. The Morgan fingerprint density at radius 3 is 2.94 bits per heavy atom. The van der Waals surface area contributed by atoms with Gasteiger partial charge in [-0.1, -0.05) is 6.08 Å². The molecule has 84 valence electrons. The van der Waals surface area contributed by atoms with E-state index in [1.54, 1.807) is 6.08 Å². The van der Waals surface area contributed by atoms with Gasteiger partial charge in [0.2, 0.25) is 0 Å². The summed E-state index contributed by atoms with van der Waals surface area (Å²) in [5, 5.41) is 8.43. The quantitative estimate of drug-likeness (QED) is 0.777. The second-order valence-corrected chi connectivity index (χ2v) is 2.96. The SMILES string of the molecule is COC(=O)c1ccnc(C=CCC(=O)O)c1. The van der Waals surface area contributed by atoms with Gasteiger partial charge < -0.3 is 9.84 Å². The fraction of sp³-hybridized carbons (Fsp3) is 0.182. The number of esters is 1. The van der Waals surface area contributed by atoms with Crippen LogP contribution in [0.25, 0.3) is 6.08 Å². The standard InChI is InChI=1S/C11H11NO4/c1-16-11(15)8-5-6-12-9(7-8)3-2-4-10(13)14/h2-3,5-7H,4H2,1H3,(H,13,14). The van der Waals surface area contributed by atoms with Gasteiger partial charge in [-0.15, -0.1) is 0 Å². The Kier molecular flexibility index (Phi) is 4.20. The van der Waals surface area contributed by atoms with E-state index in [9.17, 15) is 9.59 Å². The maximum atomic E-state index is 11.2. The van der Waals surface area contributed by atoms with Crippen molar-refractivity contribution in [2.24, 2.45) is 0 Å². The number of carboxylic acid groups (broad SMARTS) is 1. The van der Waals surface area contributed by atoms with Gasteiger partial charge in [0.1, 0.15) is 0 Å². The van der Waals surface area contributed by atoms with E-state index in [0.717, 1.165) is 0 Å². The number of carbonyl (C=O) groups excluding carboxylic acids is 1. The van der Waals surface area contributed by atoms with Crippen LogP contribution in [0.4, 0.5) is 0 Å². The molecule has 0 radical (unpaired) electrons. The van der Waals surface area contributed by atoms with Gasteiger partial charge in [0.05, 0.1) is 24.8 Å². The molecule has 1 heterocycles. The highest BCUT2D eigenvalue weighted by Gasteiger charge is 2.04. The number of aromatic nitrogens is 1. The predicted molar refractivity (Wildman–Crippen MR) is 56.9 cm³/mol. The zero-order chi connectivity index (χ0) is 12.0. The number of hydrogen-bond acceptors (Lipinski definition) is 4. The van der Waals surface area contributed by atoms with Gasteiger partial charge in [-0.05, 0) is 18.2 Å². The number of carboxylic acids is 1. The average Bonchev–Trinajstić information content (AvgIpc) is 2.28. The smallest absolute Gasteiger partial charge is 0.337 e. The van der Waals surface area contributed by atoms with Crippen LogP contribution in [-0.4, -0.2) is 29.1 Å².